The lowest BCUT2D eigenvalue weighted by atomic mass is 10.2. The van der Waals surface area contributed by atoms with Crippen LogP contribution in [-0.4, -0.2) is 15.9 Å². The lowest BCUT2D eigenvalue weighted by Gasteiger charge is -2.08. The normalized spacial score (nSPS) is 10.4. The van der Waals surface area contributed by atoms with Crippen LogP contribution in [0.5, 0.6) is 0 Å². The molecule has 0 aliphatic rings. The number of carbonyl (C=O) groups excluding carboxylic acids is 1. The fraction of sp³-hybridized carbons (Fsp3) is 0.0833. The van der Waals surface area contributed by atoms with Crippen molar-refractivity contribution >= 4 is 35.1 Å². The average molecular weight is 295 g/mol. The fourth-order valence-corrected chi connectivity index (χ4v) is 2.49. The monoisotopic (exact) mass is 294 g/mol. The Morgan fingerprint density at radius 3 is 2.63 bits per heavy atom. The second kappa shape index (κ2) is 5.90. The number of hydrogen-bond donors (Lipinski definition) is 1. The number of halogens is 1. The van der Waals surface area contributed by atoms with Gasteiger partial charge in [0.25, 0.3) is 0 Å². The molecule has 7 heteroatoms. The van der Waals surface area contributed by atoms with Gasteiger partial charge in [0.15, 0.2) is 11.0 Å². The molecule has 0 amide bonds. The largest absolute Gasteiger partial charge is 0.543 e. The first-order chi connectivity index (χ1) is 9.08. The van der Waals surface area contributed by atoms with Crippen molar-refractivity contribution < 1.29 is 9.90 Å². The minimum Gasteiger partial charge on any atom is -0.543 e. The predicted molar refractivity (Wildman–Crippen MR) is 71.8 cm³/mol. The average Bonchev–Trinajstić information content (AvgIpc) is 2.40. The van der Waals surface area contributed by atoms with Crippen molar-refractivity contribution in [2.75, 3.05) is 5.73 Å². The van der Waals surface area contributed by atoms with Crippen LogP contribution in [0.15, 0.2) is 35.4 Å². The van der Waals surface area contributed by atoms with Crippen molar-refractivity contribution in [3.8, 4) is 0 Å². The maximum atomic E-state index is 10.7. The molecule has 5 nitrogen and oxygen atoms in total. The van der Waals surface area contributed by atoms with Crippen LogP contribution in [0.3, 0.4) is 0 Å². The van der Waals surface area contributed by atoms with E-state index in [4.69, 9.17) is 17.3 Å². The number of thioether (sulfide) groups is 1. The molecule has 0 atom stereocenters. The Hall–Kier alpha value is -1.79. The minimum absolute atomic E-state index is 0.00864. The number of aromatic nitrogens is 2. The zero-order valence-corrected chi connectivity index (χ0v) is 11.2. The molecule has 0 bridgehead atoms. The highest BCUT2D eigenvalue weighted by atomic mass is 35.5. The molecule has 0 fully saturated rings. The fourth-order valence-electron chi connectivity index (χ4n) is 1.38. The van der Waals surface area contributed by atoms with Gasteiger partial charge in [-0.25, -0.2) is 9.97 Å². The summed E-state index contributed by atoms with van der Waals surface area (Å²) in [5.74, 6) is -1.05. The van der Waals surface area contributed by atoms with E-state index >= 15 is 0 Å². The molecule has 0 unspecified atom stereocenters. The SMILES string of the molecule is Nc1nc(SCc2ccccc2)c(Cl)nc1C(=O)[O-]. The van der Waals surface area contributed by atoms with E-state index in [1.54, 1.807) is 0 Å². The summed E-state index contributed by atoms with van der Waals surface area (Å²) in [6, 6.07) is 9.71. The molecule has 2 N–H and O–H groups in total. The van der Waals surface area contributed by atoms with E-state index in [9.17, 15) is 9.90 Å². The highest BCUT2D eigenvalue weighted by molar-refractivity contribution is 7.98. The van der Waals surface area contributed by atoms with Crippen LogP contribution >= 0.6 is 23.4 Å². The number of nitrogens with two attached hydrogens (primary N) is 1. The van der Waals surface area contributed by atoms with Gasteiger partial charge in [0.1, 0.15) is 10.7 Å². The topological polar surface area (TPSA) is 91.9 Å². The van der Waals surface area contributed by atoms with E-state index in [0.717, 1.165) is 5.56 Å². The molecule has 2 rings (SSSR count). The Morgan fingerprint density at radius 2 is 2.00 bits per heavy atom. The number of aromatic carboxylic acids is 1. The molecule has 0 aliphatic carbocycles. The summed E-state index contributed by atoms with van der Waals surface area (Å²) in [6.45, 7) is 0. The maximum Gasteiger partial charge on any atom is 0.162 e. The first-order valence-electron chi connectivity index (χ1n) is 5.29. The summed E-state index contributed by atoms with van der Waals surface area (Å²) in [4.78, 5) is 18.3. The van der Waals surface area contributed by atoms with Gasteiger partial charge in [0, 0.05) is 5.75 Å². The molecule has 0 aliphatic heterocycles. The van der Waals surface area contributed by atoms with Gasteiger partial charge in [0.2, 0.25) is 0 Å². The van der Waals surface area contributed by atoms with Crippen molar-refractivity contribution in [3.63, 3.8) is 0 Å². The summed E-state index contributed by atoms with van der Waals surface area (Å²) in [5.41, 5.74) is 6.15. The Balaban J connectivity index is 2.17. The lowest BCUT2D eigenvalue weighted by Crippen LogP contribution is -2.25. The van der Waals surface area contributed by atoms with E-state index in [2.05, 4.69) is 9.97 Å². The number of rotatable bonds is 4. The number of carbonyl (C=O) groups is 1. The Labute approximate surface area is 118 Å². The second-order valence-corrected chi connectivity index (χ2v) is 4.94. The molecule has 2 aromatic rings. The Bertz CT molecular complexity index is 607. The van der Waals surface area contributed by atoms with E-state index in [1.807, 2.05) is 30.3 Å². The molecular weight excluding hydrogens is 286 g/mol. The van der Waals surface area contributed by atoms with Crippen LogP contribution in [-0.2, 0) is 5.75 Å². The highest BCUT2D eigenvalue weighted by Gasteiger charge is 2.11. The Kier molecular flexibility index (Phi) is 4.24. The van der Waals surface area contributed by atoms with Crippen LogP contribution < -0.4 is 10.8 Å². The molecule has 19 heavy (non-hydrogen) atoms. The molecule has 0 saturated heterocycles. The number of hydrogen-bond acceptors (Lipinski definition) is 6. The molecule has 98 valence electrons. The van der Waals surface area contributed by atoms with Crippen LogP contribution in [0.4, 0.5) is 5.82 Å². The van der Waals surface area contributed by atoms with Crippen LogP contribution in [0.25, 0.3) is 0 Å². The van der Waals surface area contributed by atoms with Crippen LogP contribution in [0.2, 0.25) is 5.15 Å². The third-order valence-electron chi connectivity index (χ3n) is 2.26. The first-order valence-corrected chi connectivity index (χ1v) is 6.65. The Morgan fingerprint density at radius 1 is 1.32 bits per heavy atom. The molecule has 0 radical (unpaired) electrons. The van der Waals surface area contributed by atoms with Crippen molar-refractivity contribution in [1.29, 1.82) is 0 Å². The van der Waals surface area contributed by atoms with Gasteiger partial charge in [-0.15, -0.1) is 0 Å². The molecule has 1 heterocycles. The summed E-state index contributed by atoms with van der Waals surface area (Å²) >= 11 is 7.21. The van der Waals surface area contributed by atoms with Crippen LogP contribution in [0.1, 0.15) is 16.1 Å². The molecule has 1 aromatic heterocycles. The quantitative estimate of drug-likeness (QED) is 0.856. The number of nitrogen functional groups attached to an aromatic ring is 1. The third kappa shape index (κ3) is 3.36. The molecule has 0 spiro atoms. The zero-order valence-electron chi connectivity index (χ0n) is 9.67. The second-order valence-electron chi connectivity index (χ2n) is 3.62. The maximum absolute atomic E-state index is 10.7. The first kappa shape index (κ1) is 13.6. The van der Waals surface area contributed by atoms with Gasteiger partial charge in [-0.1, -0.05) is 53.7 Å². The number of anilines is 1. The van der Waals surface area contributed by atoms with Gasteiger partial charge in [-0.05, 0) is 5.56 Å². The summed E-state index contributed by atoms with van der Waals surface area (Å²) in [5, 5.41) is 11.1. The van der Waals surface area contributed by atoms with Gasteiger partial charge >= 0.3 is 0 Å². The van der Waals surface area contributed by atoms with Crippen molar-refractivity contribution in [3.05, 3.63) is 46.7 Å². The van der Waals surface area contributed by atoms with E-state index in [0.29, 0.717) is 10.8 Å². The standard InChI is InChI=1S/C12H10ClN3O2S/c13-9-11(16-10(14)8(15-9)12(17)18)19-6-7-4-2-1-3-5-7/h1-5H,6H2,(H2,14,16)(H,17,18)/p-1. The van der Waals surface area contributed by atoms with E-state index < -0.39 is 11.7 Å². The van der Waals surface area contributed by atoms with Crippen molar-refractivity contribution in [2.24, 2.45) is 0 Å². The zero-order chi connectivity index (χ0) is 13.8. The number of carboxylic acids is 1. The molecule has 0 saturated carbocycles. The smallest absolute Gasteiger partial charge is 0.162 e. The van der Waals surface area contributed by atoms with Crippen LogP contribution in [0, 0.1) is 0 Å². The summed E-state index contributed by atoms with van der Waals surface area (Å²) < 4.78 is 0. The van der Waals surface area contributed by atoms with E-state index in [-0.39, 0.29) is 11.0 Å². The van der Waals surface area contributed by atoms with Gasteiger partial charge < -0.3 is 15.6 Å². The summed E-state index contributed by atoms with van der Waals surface area (Å²) in [6.07, 6.45) is 0. The highest BCUT2D eigenvalue weighted by Crippen LogP contribution is 2.28. The van der Waals surface area contributed by atoms with Gasteiger partial charge in [-0.2, -0.15) is 0 Å². The number of benzene rings is 1. The lowest BCUT2D eigenvalue weighted by molar-refractivity contribution is -0.255. The third-order valence-corrected chi connectivity index (χ3v) is 3.67. The van der Waals surface area contributed by atoms with E-state index in [1.165, 1.54) is 11.8 Å². The molecule has 1 aromatic carbocycles. The van der Waals surface area contributed by atoms with Crippen molar-refractivity contribution in [1.82, 2.24) is 9.97 Å². The number of nitrogens with zero attached hydrogens (tertiary/aromatic N) is 2. The predicted octanol–water partition coefficient (Wildman–Crippen LogP) is 1.37. The summed E-state index contributed by atoms with van der Waals surface area (Å²) in [7, 11) is 0. The van der Waals surface area contributed by atoms with Gasteiger partial charge in [-0.3, -0.25) is 0 Å². The minimum atomic E-state index is -1.49. The van der Waals surface area contributed by atoms with Crippen molar-refractivity contribution in [2.45, 2.75) is 10.8 Å². The number of carboxylic acid groups (broad SMARTS) is 1. The van der Waals surface area contributed by atoms with Gasteiger partial charge in [0.05, 0.1) is 5.97 Å². The molecular formula is C12H9ClN3O2S-.